The highest BCUT2D eigenvalue weighted by Crippen LogP contribution is 2.40. The standard InChI is InChI=1S/C35H49NO/c1-8-11-12-13-27(6)36(32-17-14-25(4)22-26(32)5)29-16-19-34-31(24-29)30-23-28(15-18-33(30)37-34)35(7,20-9-2)21-10-3/h14-19,23-24,26-27H,8-13,20-22H2,1-7H3. The molecule has 2 heteroatoms. The first-order valence-corrected chi connectivity index (χ1v) is 14.9. The molecule has 1 heterocycles. The molecular formula is C35H49NO. The molecule has 1 aliphatic carbocycles. The second-order valence-corrected chi connectivity index (χ2v) is 12.0. The zero-order valence-corrected chi connectivity index (χ0v) is 24.5. The van der Waals surface area contributed by atoms with Gasteiger partial charge in [-0.25, -0.2) is 0 Å². The van der Waals surface area contributed by atoms with Crippen LogP contribution in [0.15, 0.2) is 64.2 Å². The third-order valence-corrected chi connectivity index (χ3v) is 8.65. The zero-order chi connectivity index (χ0) is 26.6. The molecule has 0 N–H and O–H groups in total. The minimum Gasteiger partial charge on any atom is -0.456 e. The Hall–Kier alpha value is -2.48. The zero-order valence-electron chi connectivity index (χ0n) is 24.5. The summed E-state index contributed by atoms with van der Waals surface area (Å²) < 4.78 is 6.35. The summed E-state index contributed by atoms with van der Waals surface area (Å²) >= 11 is 0. The van der Waals surface area contributed by atoms with Crippen LogP contribution in [0.5, 0.6) is 0 Å². The Labute approximate surface area is 225 Å². The van der Waals surface area contributed by atoms with Crippen LogP contribution in [0.4, 0.5) is 5.69 Å². The fourth-order valence-corrected chi connectivity index (χ4v) is 6.65. The molecule has 1 aliphatic rings. The SMILES string of the molecule is CCCCCC(C)N(C1=CC=C(C)CC1C)c1ccc2oc3ccc(C(C)(CCC)CCC)cc3c2c1. The Morgan fingerprint density at radius 1 is 0.919 bits per heavy atom. The molecule has 0 radical (unpaired) electrons. The molecule has 3 aromatic rings. The van der Waals surface area contributed by atoms with Gasteiger partial charge in [-0.2, -0.15) is 0 Å². The van der Waals surface area contributed by atoms with E-state index in [0.717, 1.165) is 17.6 Å². The number of fused-ring (bicyclic) bond motifs is 3. The van der Waals surface area contributed by atoms with E-state index >= 15 is 0 Å². The summed E-state index contributed by atoms with van der Waals surface area (Å²) in [6, 6.07) is 14.3. The van der Waals surface area contributed by atoms with Gasteiger partial charge in [0, 0.05) is 34.1 Å². The monoisotopic (exact) mass is 499 g/mol. The lowest BCUT2D eigenvalue weighted by molar-refractivity contribution is 0.392. The topological polar surface area (TPSA) is 16.4 Å². The molecule has 2 nitrogen and oxygen atoms in total. The second kappa shape index (κ2) is 11.9. The molecule has 0 amide bonds. The Balaban J connectivity index is 1.81. The highest BCUT2D eigenvalue weighted by molar-refractivity contribution is 6.06. The summed E-state index contributed by atoms with van der Waals surface area (Å²) in [7, 11) is 0. The van der Waals surface area contributed by atoms with E-state index in [4.69, 9.17) is 4.42 Å². The van der Waals surface area contributed by atoms with Crippen molar-refractivity contribution in [2.24, 2.45) is 5.92 Å². The maximum atomic E-state index is 6.35. The Bertz CT molecular complexity index is 1250. The molecule has 2 aromatic carbocycles. The van der Waals surface area contributed by atoms with Gasteiger partial charge in [0.25, 0.3) is 0 Å². The smallest absolute Gasteiger partial charge is 0.135 e. The van der Waals surface area contributed by atoms with Crippen molar-refractivity contribution in [1.29, 1.82) is 0 Å². The molecule has 2 unspecified atom stereocenters. The van der Waals surface area contributed by atoms with Gasteiger partial charge in [-0.15, -0.1) is 0 Å². The molecule has 200 valence electrons. The first-order valence-electron chi connectivity index (χ1n) is 14.9. The molecule has 4 rings (SSSR count). The van der Waals surface area contributed by atoms with Crippen LogP contribution in [-0.4, -0.2) is 6.04 Å². The number of hydrogen-bond donors (Lipinski definition) is 0. The Morgan fingerprint density at radius 2 is 1.59 bits per heavy atom. The van der Waals surface area contributed by atoms with Crippen LogP contribution < -0.4 is 4.90 Å². The minimum atomic E-state index is 0.214. The van der Waals surface area contributed by atoms with Gasteiger partial charge in [-0.05, 0) is 86.9 Å². The number of unbranched alkanes of at least 4 members (excludes halogenated alkanes) is 2. The van der Waals surface area contributed by atoms with Gasteiger partial charge < -0.3 is 9.32 Å². The van der Waals surface area contributed by atoms with Crippen LogP contribution in [0.1, 0.15) is 112 Å². The average Bonchev–Trinajstić information content (AvgIpc) is 3.23. The van der Waals surface area contributed by atoms with E-state index in [-0.39, 0.29) is 5.41 Å². The number of rotatable bonds is 12. The number of allylic oxidation sites excluding steroid dienone is 4. The predicted molar refractivity (Wildman–Crippen MR) is 163 cm³/mol. The molecule has 37 heavy (non-hydrogen) atoms. The second-order valence-electron chi connectivity index (χ2n) is 12.0. The van der Waals surface area contributed by atoms with Crippen LogP contribution in [-0.2, 0) is 5.41 Å². The lowest BCUT2D eigenvalue weighted by atomic mass is 9.75. The van der Waals surface area contributed by atoms with Gasteiger partial charge in [0.05, 0.1) is 0 Å². The van der Waals surface area contributed by atoms with E-state index < -0.39 is 0 Å². The molecule has 0 bridgehead atoms. The van der Waals surface area contributed by atoms with Crippen molar-refractivity contribution >= 4 is 27.6 Å². The highest BCUT2D eigenvalue weighted by atomic mass is 16.3. The third-order valence-electron chi connectivity index (χ3n) is 8.65. The third kappa shape index (κ3) is 5.84. The summed E-state index contributed by atoms with van der Waals surface area (Å²) in [4.78, 5) is 2.63. The molecule has 0 aliphatic heterocycles. The van der Waals surface area contributed by atoms with Gasteiger partial charge in [0.15, 0.2) is 0 Å². The Morgan fingerprint density at radius 3 is 2.24 bits per heavy atom. The first-order chi connectivity index (χ1) is 17.8. The summed E-state index contributed by atoms with van der Waals surface area (Å²) in [6.07, 6.45) is 15.7. The van der Waals surface area contributed by atoms with E-state index in [0.29, 0.717) is 12.0 Å². The normalized spacial score (nSPS) is 17.2. The fourth-order valence-electron chi connectivity index (χ4n) is 6.65. The van der Waals surface area contributed by atoms with E-state index in [9.17, 15) is 0 Å². The van der Waals surface area contributed by atoms with Crippen molar-refractivity contribution < 1.29 is 4.42 Å². The molecule has 0 fully saturated rings. The summed E-state index contributed by atoms with van der Waals surface area (Å²) in [5, 5.41) is 2.50. The predicted octanol–water partition coefficient (Wildman–Crippen LogP) is 11.1. The summed E-state index contributed by atoms with van der Waals surface area (Å²) in [5.41, 5.74) is 7.86. The fraction of sp³-hybridized carbons (Fsp3) is 0.543. The van der Waals surface area contributed by atoms with E-state index in [2.05, 4.69) is 102 Å². The average molecular weight is 500 g/mol. The van der Waals surface area contributed by atoms with Crippen molar-refractivity contribution in [3.63, 3.8) is 0 Å². The molecule has 0 saturated heterocycles. The van der Waals surface area contributed by atoms with Gasteiger partial charge in [0.2, 0.25) is 0 Å². The van der Waals surface area contributed by atoms with Crippen LogP contribution in [0.2, 0.25) is 0 Å². The highest BCUT2D eigenvalue weighted by Gasteiger charge is 2.27. The molecule has 0 saturated carbocycles. The van der Waals surface area contributed by atoms with Gasteiger partial charge in [0.1, 0.15) is 11.2 Å². The minimum absolute atomic E-state index is 0.214. The van der Waals surface area contributed by atoms with Gasteiger partial charge in [-0.1, -0.05) is 84.4 Å². The van der Waals surface area contributed by atoms with Crippen LogP contribution in [0, 0.1) is 5.92 Å². The van der Waals surface area contributed by atoms with E-state index in [1.165, 1.54) is 84.7 Å². The first kappa shape index (κ1) is 27.6. The largest absolute Gasteiger partial charge is 0.456 e. The van der Waals surface area contributed by atoms with Crippen molar-refractivity contribution in [3.05, 3.63) is 65.4 Å². The summed E-state index contributed by atoms with van der Waals surface area (Å²) in [6.45, 7) is 16.4. The van der Waals surface area contributed by atoms with Gasteiger partial charge >= 0.3 is 0 Å². The number of hydrogen-bond acceptors (Lipinski definition) is 2. The number of anilines is 1. The maximum absolute atomic E-state index is 6.35. The van der Waals surface area contributed by atoms with Crippen LogP contribution >= 0.6 is 0 Å². The molecular weight excluding hydrogens is 450 g/mol. The van der Waals surface area contributed by atoms with Crippen molar-refractivity contribution in [2.75, 3.05) is 4.90 Å². The Kier molecular flexibility index (Phi) is 8.88. The maximum Gasteiger partial charge on any atom is 0.135 e. The van der Waals surface area contributed by atoms with E-state index in [1.807, 2.05) is 0 Å². The lowest BCUT2D eigenvalue weighted by Crippen LogP contribution is -2.35. The van der Waals surface area contributed by atoms with Crippen molar-refractivity contribution in [3.8, 4) is 0 Å². The number of nitrogens with zero attached hydrogens (tertiary/aromatic N) is 1. The van der Waals surface area contributed by atoms with Crippen molar-refractivity contribution in [2.45, 2.75) is 118 Å². The molecule has 1 aromatic heterocycles. The lowest BCUT2D eigenvalue weighted by Gasteiger charge is -2.38. The summed E-state index contributed by atoms with van der Waals surface area (Å²) in [5.74, 6) is 0.519. The number of furan rings is 1. The molecule has 2 atom stereocenters. The van der Waals surface area contributed by atoms with Crippen LogP contribution in [0.3, 0.4) is 0 Å². The molecule has 0 spiro atoms. The van der Waals surface area contributed by atoms with Crippen molar-refractivity contribution in [1.82, 2.24) is 0 Å². The van der Waals surface area contributed by atoms with Gasteiger partial charge in [-0.3, -0.25) is 0 Å². The number of benzene rings is 2. The van der Waals surface area contributed by atoms with Crippen LogP contribution in [0.25, 0.3) is 21.9 Å². The quantitative estimate of drug-likeness (QED) is 0.230. The van der Waals surface area contributed by atoms with E-state index in [1.54, 1.807) is 0 Å².